The van der Waals surface area contributed by atoms with Gasteiger partial charge < -0.3 is 20.1 Å². The molecule has 8 nitrogen and oxygen atoms in total. The zero-order valence-corrected chi connectivity index (χ0v) is 17.4. The van der Waals surface area contributed by atoms with E-state index in [0.29, 0.717) is 28.6 Å². The highest BCUT2D eigenvalue weighted by atomic mass is 35.5. The van der Waals surface area contributed by atoms with Gasteiger partial charge in [-0.1, -0.05) is 17.7 Å². The second kappa shape index (κ2) is 8.27. The molecule has 0 aliphatic carbocycles. The Bertz CT molecular complexity index is 1180. The van der Waals surface area contributed by atoms with Crippen molar-refractivity contribution in [2.45, 2.75) is 12.5 Å². The molecule has 3 aromatic rings. The van der Waals surface area contributed by atoms with E-state index < -0.39 is 17.8 Å². The number of amides is 2. The molecule has 2 amide bonds. The highest BCUT2D eigenvalue weighted by molar-refractivity contribution is 6.31. The van der Waals surface area contributed by atoms with Crippen molar-refractivity contribution in [2.75, 3.05) is 24.9 Å². The van der Waals surface area contributed by atoms with Crippen LogP contribution < -0.4 is 20.1 Å². The molecule has 31 heavy (non-hydrogen) atoms. The van der Waals surface area contributed by atoms with Crippen LogP contribution in [0.2, 0.25) is 5.02 Å². The minimum atomic E-state index is -0.820. The maximum atomic E-state index is 13.3. The largest absolute Gasteiger partial charge is 0.493 e. The predicted molar refractivity (Wildman–Crippen MR) is 113 cm³/mol. The number of anilines is 2. The monoisotopic (exact) mass is 444 g/mol. The van der Waals surface area contributed by atoms with Gasteiger partial charge >= 0.3 is 0 Å². The maximum Gasteiger partial charge on any atom is 0.251 e. The number of hydrogen-bond acceptors (Lipinski definition) is 5. The van der Waals surface area contributed by atoms with Gasteiger partial charge in [0.15, 0.2) is 11.5 Å². The van der Waals surface area contributed by atoms with E-state index in [4.69, 9.17) is 21.1 Å². The van der Waals surface area contributed by atoms with Gasteiger partial charge in [0.1, 0.15) is 17.7 Å². The van der Waals surface area contributed by atoms with Crippen LogP contribution in [0.1, 0.15) is 12.5 Å². The van der Waals surface area contributed by atoms with E-state index in [-0.39, 0.29) is 17.4 Å². The van der Waals surface area contributed by atoms with Gasteiger partial charge in [-0.2, -0.15) is 5.10 Å². The van der Waals surface area contributed by atoms with Gasteiger partial charge in [-0.15, -0.1) is 0 Å². The van der Waals surface area contributed by atoms with E-state index >= 15 is 0 Å². The Labute approximate surface area is 181 Å². The lowest BCUT2D eigenvalue weighted by Crippen LogP contribution is -2.23. The van der Waals surface area contributed by atoms with Crippen LogP contribution in [0.4, 0.5) is 15.9 Å². The SMILES string of the molecule is COc1ccc(-c2cnn3c2NC(=O)C3CC(=O)Nc2ccc(F)c(Cl)c2)cc1OC. The summed E-state index contributed by atoms with van der Waals surface area (Å²) in [5.41, 5.74) is 1.79. The van der Waals surface area contributed by atoms with E-state index in [2.05, 4.69) is 15.7 Å². The van der Waals surface area contributed by atoms with E-state index in [1.165, 1.54) is 23.9 Å². The summed E-state index contributed by atoms with van der Waals surface area (Å²) in [6, 6.07) is 8.39. The molecule has 1 atom stereocenters. The molecule has 2 heterocycles. The fourth-order valence-corrected chi connectivity index (χ4v) is 3.57. The Morgan fingerprint density at radius 2 is 2.00 bits per heavy atom. The van der Waals surface area contributed by atoms with Gasteiger partial charge in [0.05, 0.1) is 31.9 Å². The molecule has 1 aliphatic heterocycles. The topological polar surface area (TPSA) is 94.5 Å². The smallest absolute Gasteiger partial charge is 0.251 e. The first kappa shape index (κ1) is 20.7. The third kappa shape index (κ3) is 3.91. The van der Waals surface area contributed by atoms with Crippen molar-refractivity contribution in [3.05, 3.63) is 53.4 Å². The fourth-order valence-electron chi connectivity index (χ4n) is 3.39. The van der Waals surface area contributed by atoms with Crippen molar-refractivity contribution < 1.29 is 23.5 Å². The van der Waals surface area contributed by atoms with Gasteiger partial charge in [0.2, 0.25) is 5.91 Å². The summed E-state index contributed by atoms with van der Waals surface area (Å²) in [5, 5.41) is 9.59. The molecule has 0 radical (unpaired) electrons. The Hall–Kier alpha value is -3.59. The summed E-state index contributed by atoms with van der Waals surface area (Å²) < 4.78 is 25.4. The Balaban J connectivity index is 1.55. The Morgan fingerprint density at radius 3 is 2.71 bits per heavy atom. The van der Waals surface area contributed by atoms with Crippen LogP contribution in [-0.2, 0) is 9.59 Å². The predicted octanol–water partition coefficient (Wildman–Crippen LogP) is 3.88. The highest BCUT2D eigenvalue weighted by Gasteiger charge is 2.35. The van der Waals surface area contributed by atoms with Gasteiger partial charge in [-0.3, -0.25) is 9.59 Å². The van der Waals surface area contributed by atoms with E-state index in [9.17, 15) is 14.0 Å². The molecule has 1 aromatic heterocycles. The average Bonchev–Trinajstić information content (AvgIpc) is 3.29. The number of nitrogens with zero attached hydrogens (tertiary/aromatic N) is 2. The van der Waals surface area contributed by atoms with E-state index in [1.807, 2.05) is 6.07 Å². The van der Waals surface area contributed by atoms with Crippen LogP contribution in [0.25, 0.3) is 11.1 Å². The lowest BCUT2D eigenvalue weighted by atomic mass is 10.1. The second-order valence-electron chi connectivity index (χ2n) is 6.81. The number of carbonyl (C=O) groups is 2. The maximum absolute atomic E-state index is 13.3. The number of carbonyl (C=O) groups excluding carboxylic acids is 2. The van der Waals surface area contributed by atoms with Gasteiger partial charge in [0, 0.05) is 11.3 Å². The number of hydrogen-bond donors (Lipinski definition) is 2. The van der Waals surface area contributed by atoms with Crippen LogP contribution >= 0.6 is 11.6 Å². The molecule has 2 aromatic carbocycles. The van der Waals surface area contributed by atoms with Crippen molar-refractivity contribution in [1.29, 1.82) is 0 Å². The lowest BCUT2D eigenvalue weighted by molar-refractivity contribution is -0.123. The minimum Gasteiger partial charge on any atom is -0.493 e. The third-order valence-corrected chi connectivity index (χ3v) is 5.20. The van der Waals surface area contributed by atoms with Crippen LogP contribution in [-0.4, -0.2) is 35.8 Å². The molecule has 4 rings (SSSR count). The molecular formula is C21H18ClFN4O4. The van der Waals surface area contributed by atoms with Crippen LogP contribution in [0.3, 0.4) is 0 Å². The molecule has 1 aliphatic rings. The lowest BCUT2D eigenvalue weighted by Gasteiger charge is -2.10. The first-order chi connectivity index (χ1) is 14.9. The van der Waals surface area contributed by atoms with Crippen molar-refractivity contribution in [1.82, 2.24) is 9.78 Å². The van der Waals surface area contributed by atoms with Crippen LogP contribution in [0.15, 0.2) is 42.6 Å². The molecule has 1 unspecified atom stereocenters. The highest BCUT2D eigenvalue weighted by Crippen LogP contribution is 2.39. The number of methoxy groups -OCH3 is 2. The molecule has 2 N–H and O–H groups in total. The van der Waals surface area contributed by atoms with Crippen molar-refractivity contribution in [3.63, 3.8) is 0 Å². The first-order valence-electron chi connectivity index (χ1n) is 9.27. The standard InChI is InChI=1S/C21H18ClFN4O4/c1-30-17-6-3-11(7-18(17)31-2)13-10-24-27-16(21(29)26-20(13)27)9-19(28)25-12-4-5-15(23)14(22)8-12/h3-8,10,16H,9H2,1-2H3,(H,25,28)(H,26,29). The third-order valence-electron chi connectivity index (χ3n) is 4.91. The fraction of sp³-hybridized carbons (Fsp3) is 0.190. The summed E-state index contributed by atoms with van der Waals surface area (Å²) in [7, 11) is 3.08. The van der Waals surface area contributed by atoms with Crippen molar-refractivity contribution in [3.8, 4) is 22.6 Å². The molecule has 0 spiro atoms. The molecular weight excluding hydrogens is 427 g/mol. The van der Waals surface area contributed by atoms with Gasteiger partial charge in [-0.05, 0) is 35.9 Å². The first-order valence-corrected chi connectivity index (χ1v) is 9.64. The average molecular weight is 445 g/mol. The molecule has 160 valence electrons. The molecule has 10 heteroatoms. The summed E-state index contributed by atoms with van der Waals surface area (Å²) in [6.45, 7) is 0. The summed E-state index contributed by atoms with van der Waals surface area (Å²) in [6.07, 6.45) is 1.46. The second-order valence-corrected chi connectivity index (χ2v) is 7.21. The normalized spacial score (nSPS) is 14.7. The summed E-state index contributed by atoms with van der Waals surface area (Å²) >= 11 is 5.74. The van der Waals surface area contributed by atoms with E-state index in [0.717, 1.165) is 11.6 Å². The zero-order chi connectivity index (χ0) is 22.1. The number of ether oxygens (including phenoxy) is 2. The van der Waals surface area contributed by atoms with E-state index in [1.54, 1.807) is 25.4 Å². The molecule has 0 fully saturated rings. The van der Waals surface area contributed by atoms with Crippen molar-refractivity contribution in [2.24, 2.45) is 0 Å². The van der Waals surface area contributed by atoms with Crippen molar-refractivity contribution >= 4 is 34.9 Å². The number of benzene rings is 2. The van der Waals surface area contributed by atoms with Crippen LogP contribution in [0.5, 0.6) is 11.5 Å². The quantitative estimate of drug-likeness (QED) is 0.601. The Kier molecular flexibility index (Phi) is 5.51. The molecule has 0 saturated heterocycles. The summed E-state index contributed by atoms with van der Waals surface area (Å²) in [5.74, 6) is 0.238. The minimum absolute atomic E-state index is 0.106. The van der Waals surface area contributed by atoms with Crippen LogP contribution in [0, 0.1) is 5.82 Å². The number of nitrogens with one attached hydrogen (secondary N) is 2. The molecule has 0 saturated carbocycles. The number of halogens is 2. The number of aromatic nitrogens is 2. The number of rotatable bonds is 6. The van der Waals surface area contributed by atoms with Gasteiger partial charge in [-0.25, -0.2) is 9.07 Å². The number of fused-ring (bicyclic) bond motifs is 1. The molecule has 0 bridgehead atoms. The van der Waals surface area contributed by atoms with Gasteiger partial charge in [0.25, 0.3) is 5.91 Å². The Morgan fingerprint density at radius 1 is 1.23 bits per heavy atom. The zero-order valence-electron chi connectivity index (χ0n) is 16.6. The summed E-state index contributed by atoms with van der Waals surface area (Å²) in [4.78, 5) is 25.0.